The van der Waals surface area contributed by atoms with Crippen molar-refractivity contribution in [1.82, 2.24) is 5.32 Å². The van der Waals surface area contributed by atoms with E-state index < -0.39 is 0 Å². The fraction of sp³-hybridized carbons (Fsp3) is 0.462. The molecule has 0 spiro atoms. The molecule has 2 unspecified atom stereocenters. The van der Waals surface area contributed by atoms with E-state index in [1.807, 2.05) is 12.1 Å². The molecule has 2 nitrogen and oxygen atoms in total. The van der Waals surface area contributed by atoms with Crippen molar-refractivity contribution in [3.63, 3.8) is 0 Å². The number of carbonyl (C=O) groups is 1. The first-order chi connectivity index (χ1) is 7.22. The topological polar surface area (TPSA) is 29.1 Å². The van der Waals surface area contributed by atoms with Gasteiger partial charge in [-0.1, -0.05) is 24.3 Å². The highest BCUT2D eigenvalue weighted by atomic mass is 16.1. The number of rotatable bonds is 2. The molecule has 1 aromatic rings. The molecule has 2 atom stereocenters. The minimum absolute atomic E-state index is 0.149. The van der Waals surface area contributed by atoms with Crippen LogP contribution < -0.4 is 5.32 Å². The SMILES string of the molecule is CC(=O)c1ccc(C23CNCC2C3)cc1. The van der Waals surface area contributed by atoms with E-state index in [9.17, 15) is 4.79 Å². The van der Waals surface area contributed by atoms with Gasteiger partial charge < -0.3 is 5.32 Å². The van der Waals surface area contributed by atoms with E-state index in [2.05, 4.69) is 17.4 Å². The van der Waals surface area contributed by atoms with E-state index >= 15 is 0 Å². The van der Waals surface area contributed by atoms with Crippen LogP contribution in [0.15, 0.2) is 24.3 Å². The fourth-order valence-corrected chi connectivity index (χ4v) is 2.83. The summed E-state index contributed by atoms with van der Waals surface area (Å²) < 4.78 is 0. The van der Waals surface area contributed by atoms with Crippen LogP contribution in [-0.2, 0) is 5.41 Å². The monoisotopic (exact) mass is 201 g/mol. The van der Waals surface area contributed by atoms with Crippen molar-refractivity contribution >= 4 is 5.78 Å². The Morgan fingerprint density at radius 3 is 2.60 bits per heavy atom. The molecule has 1 aromatic carbocycles. The predicted molar refractivity (Wildman–Crippen MR) is 59.1 cm³/mol. The van der Waals surface area contributed by atoms with Crippen molar-refractivity contribution in [3.8, 4) is 0 Å². The molecule has 1 aliphatic heterocycles. The fourth-order valence-electron chi connectivity index (χ4n) is 2.83. The Morgan fingerprint density at radius 1 is 1.40 bits per heavy atom. The summed E-state index contributed by atoms with van der Waals surface area (Å²) in [4.78, 5) is 11.2. The van der Waals surface area contributed by atoms with Crippen LogP contribution in [0.3, 0.4) is 0 Å². The zero-order valence-corrected chi connectivity index (χ0v) is 8.92. The van der Waals surface area contributed by atoms with Gasteiger partial charge >= 0.3 is 0 Å². The van der Waals surface area contributed by atoms with Crippen LogP contribution in [0.5, 0.6) is 0 Å². The lowest BCUT2D eigenvalue weighted by Crippen LogP contribution is -2.19. The highest BCUT2D eigenvalue weighted by Crippen LogP contribution is 2.56. The number of hydrogen-bond donors (Lipinski definition) is 1. The van der Waals surface area contributed by atoms with Crippen molar-refractivity contribution in [2.24, 2.45) is 5.92 Å². The predicted octanol–water partition coefficient (Wildman–Crippen LogP) is 1.75. The third-order valence-corrected chi connectivity index (χ3v) is 3.93. The second-order valence-electron chi connectivity index (χ2n) is 4.82. The molecule has 0 amide bonds. The van der Waals surface area contributed by atoms with Gasteiger partial charge in [0.1, 0.15) is 0 Å². The zero-order valence-electron chi connectivity index (χ0n) is 8.92. The van der Waals surface area contributed by atoms with Crippen molar-refractivity contribution < 1.29 is 4.79 Å². The van der Waals surface area contributed by atoms with E-state index in [1.54, 1.807) is 6.92 Å². The van der Waals surface area contributed by atoms with E-state index in [1.165, 1.54) is 12.0 Å². The molecule has 1 N–H and O–H groups in total. The summed E-state index contributed by atoms with van der Waals surface area (Å²) >= 11 is 0. The molecular weight excluding hydrogens is 186 g/mol. The first-order valence-corrected chi connectivity index (χ1v) is 5.54. The number of carbonyl (C=O) groups excluding carboxylic acids is 1. The van der Waals surface area contributed by atoms with E-state index in [0.717, 1.165) is 24.6 Å². The van der Waals surface area contributed by atoms with E-state index in [0.29, 0.717) is 5.41 Å². The summed E-state index contributed by atoms with van der Waals surface area (Å²) in [6.07, 6.45) is 1.32. The van der Waals surface area contributed by atoms with Crippen molar-refractivity contribution in [2.45, 2.75) is 18.8 Å². The second-order valence-corrected chi connectivity index (χ2v) is 4.82. The molecule has 15 heavy (non-hydrogen) atoms. The average molecular weight is 201 g/mol. The first-order valence-electron chi connectivity index (χ1n) is 5.54. The third-order valence-electron chi connectivity index (χ3n) is 3.93. The van der Waals surface area contributed by atoms with Crippen LogP contribution in [0.2, 0.25) is 0 Å². The maximum Gasteiger partial charge on any atom is 0.159 e. The van der Waals surface area contributed by atoms with Gasteiger partial charge in [-0.2, -0.15) is 0 Å². The standard InChI is InChI=1S/C13H15NO/c1-9(15)10-2-4-11(5-3-10)13-6-12(13)7-14-8-13/h2-5,12,14H,6-8H2,1H3. The molecule has 0 radical (unpaired) electrons. The summed E-state index contributed by atoms with van der Waals surface area (Å²) in [5.41, 5.74) is 2.63. The lowest BCUT2D eigenvalue weighted by Gasteiger charge is -2.12. The normalized spacial score (nSPS) is 32.5. The summed E-state index contributed by atoms with van der Waals surface area (Å²) in [7, 11) is 0. The van der Waals surface area contributed by atoms with Crippen molar-refractivity contribution in [1.29, 1.82) is 0 Å². The number of fused-ring (bicyclic) bond motifs is 1. The number of piperidine rings is 1. The molecule has 1 aliphatic carbocycles. The molecular formula is C13H15NO. The number of benzene rings is 1. The maximum absolute atomic E-state index is 11.2. The first kappa shape index (κ1) is 9.10. The average Bonchev–Trinajstić information content (AvgIpc) is 2.82. The number of nitrogens with one attached hydrogen (secondary N) is 1. The van der Waals surface area contributed by atoms with Gasteiger partial charge in [0.05, 0.1) is 0 Å². The number of ketones is 1. The Kier molecular flexibility index (Phi) is 1.77. The maximum atomic E-state index is 11.2. The molecule has 1 saturated heterocycles. The van der Waals surface area contributed by atoms with Gasteiger partial charge in [0, 0.05) is 17.5 Å². The minimum atomic E-state index is 0.149. The Labute approximate surface area is 89.7 Å². The highest BCUT2D eigenvalue weighted by molar-refractivity contribution is 5.94. The minimum Gasteiger partial charge on any atom is -0.316 e. The van der Waals surface area contributed by atoms with Crippen molar-refractivity contribution in [2.75, 3.05) is 13.1 Å². The molecule has 0 aromatic heterocycles. The van der Waals surface area contributed by atoms with E-state index in [-0.39, 0.29) is 5.78 Å². The van der Waals surface area contributed by atoms with Crippen LogP contribution in [0, 0.1) is 5.92 Å². The smallest absolute Gasteiger partial charge is 0.159 e. The largest absolute Gasteiger partial charge is 0.316 e. The molecule has 3 rings (SSSR count). The van der Waals surface area contributed by atoms with Crippen molar-refractivity contribution in [3.05, 3.63) is 35.4 Å². The summed E-state index contributed by atoms with van der Waals surface area (Å²) in [5.74, 6) is 0.983. The van der Waals surface area contributed by atoms with Crippen LogP contribution >= 0.6 is 0 Å². The lowest BCUT2D eigenvalue weighted by molar-refractivity contribution is 0.101. The van der Waals surface area contributed by atoms with Crippen LogP contribution in [0.25, 0.3) is 0 Å². The zero-order chi connectivity index (χ0) is 10.5. The van der Waals surface area contributed by atoms with Gasteiger partial charge in [0.2, 0.25) is 0 Å². The van der Waals surface area contributed by atoms with Crippen LogP contribution in [0.4, 0.5) is 0 Å². The molecule has 78 valence electrons. The van der Waals surface area contributed by atoms with Gasteiger partial charge in [0.15, 0.2) is 5.78 Å². The van der Waals surface area contributed by atoms with E-state index in [4.69, 9.17) is 0 Å². The Hall–Kier alpha value is -1.15. The Morgan fingerprint density at radius 2 is 2.13 bits per heavy atom. The molecule has 1 heterocycles. The van der Waals surface area contributed by atoms with Gasteiger partial charge in [0.25, 0.3) is 0 Å². The lowest BCUT2D eigenvalue weighted by atomic mass is 9.94. The molecule has 0 bridgehead atoms. The second kappa shape index (κ2) is 2.92. The van der Waals surface area contributed by atoms with Gasteiger partial charge in [-0.05, 0) is 31.4 Å². The van der Waals surface area contributed by atoms with Crippen LogP contribution in [0.1, 0.15) is 29.3 Å². The summed E-state index contributed by atoms with van der Waals surface area (Å²) in [6, 6.07) is 8.17. The Balaban J connectivity index is 1.91. The molecule has 2 fully saturated rings. The number of hydrogen-bond acceptors (Lipinski definition) is 2. The quantitative estimate of drug-likeness (QED) is 0.739. The molecule has 2 aliphatic rings. The summed E-state index contributed by atoms with van der Waals surface area (Å²) in [5, 5.41) is 3.43. The van der Waals surface area contributed by atoms with Gasteiger partial charge in [-0.15, -0.1) is 0 Å². The molecule has 1 saturated carbocycles. The molecule has 2 heteroatoms. The summed E-state index contributed by atoms with van der Waals surface area (Å²) in [6.45, 7) is 3.88. The van der Waals surface area contributed by atoms with Gasteiger partial charge in [-0.25, -0.2) is 0 Å². The van der Waals surface area contributed by atoms with Crippen LogP contribution in [-0.4, -0.2) is 18.9 Å². The van der Waals surface area contributed by atoms with Gasteiger partial charge in [-0.3, -0.25) is 4.79 Å². The third kappa shape index (κ3) is 1.25. The number of Topliss-reactive ketones (excluding diaryl/α,β-unsaturated/α-hetero) is 1. The highest BCUT2D eigenvalue weighted by Gasteiger charge is 2.57. The Bertz CT molecular complexity index is 409.